The van der Waals surface area contributed by atoms with Crippen LogP contribution in [0.15, 0.2) is 5.38 Å². The number of nitrogens with zero attached hydrogens (tertiary/aromatic N) is 3. The summed E-state index contributed by atoms with van der Waals surface area (Å²) in [4.78, 5) is 20.6. The second-order valence-electron chi connectivity index (χ2n) is 6.27. The third kappa shape index (κ3) is 3.44. The minimum atomic E-state index is -0.232. The van der Waals surface area contributed by atoms with E-state index in [-0.39, 0.29) is 12.0 Å². The van der Waals surface area contributed by atoms with Crippen molar-refractivity contribution in [1.29, 1.82) is 0 Å². The van der Waals surface area contributed by atoms with Crippen LogP contribution >= 0.6 is 11.3 Å². The van der Waals surface area contributed by atoms with E-state index in [0.717, 1.165) is 49.7 Å². The van der Waals surface area contributed by atoms with Crippen LogP contribution in [0.3, 0.4) is 0 Å². The third-order valence-corrected chi connectivity index (χ3v) is 5.26. The van der Waals surface area contributed by atoms with Crippen molar-refractivity contribution in [2.75, 3.05) is 18.0 Å². The lowest BCUT2D eigenvalue weighted by molar-refractivity contribution is -0.116. The number of amides is 1. The number of rotatable bonds is 5. The number of hydrogen-bond acceptors (Lipinski definition) is 5. The van der Waals surface area contributed by atoms with Crippen molar-refractivity contribution >= 4 is 22.4 Å². The standard InChI is InChI=1S/C15H23N3O2S/c1-10(19)12-5-6-17(7-12)8-13-9-21-15(16-13)18(11(2)20)14-3-4-14/h9-10,12,14,19H,3-8H2,1-2H3. The number of carbonyl (C=O) groups excluding carboxylic acids is 1. The molecule has 2 heterocycles. The van der Waals surface area contributed by atoms with Crippen molar-refractivity contribution in [1.82, 2.24) is 9.88 Å². The molecule has 2 atom stereocenters. The Morgan fingerprint density at radius 3 is 2.90 bits per heavy atom. The van der Waals surface area contributed by atoms with Gasteiger partial charge in [-0.15, -0.1) is 11.3 Å². The van der Waals surface area contributed by atoms with E-state index >= 15 is 0 Å². The number of likely N-dealkylation sites (tertiary alicyclic amines) is 1. The highest BCUT2D eigenvalue weighted by atomic mass is 32.1. The Labute approximate surface area is 129 Å². The first-order chi connectivity index (χ1) is 10.0. The van der Waals surface area contributed by atoms with E-state index in [4.69, 9.17) is 0 Å². The van der Waals surface area contributed by atoms with E-state index in [2.05, 4.69) is 15.3 Å². The Morgan fingerprint density at radius 2 is 2.33 bits per heavy atom. The molecule has 1 N–H and O–H groups in total. The molecule has 1 saturated carbocycles. The van der Waals surface area contributed by atoms with Crippen LogP contribution in [-0.4, -0.2) is 46.1 Å². The predicted molar refractivity (Wildman–Crippen MR) is 83.4 cm³/mol. The van der Waals surface area contributed by atoms with Crippen molar-refractivity contribution in [2.45, 2.75) is 51.8 Å². The summed E-state index contributed by atoms with van der Waals surface area (Å²) in [5, 5.41) is 12.6. The molecule has 6 heteroatoms. The quantitative estimate of drug-likeness (QED) is 0.902. The van der Waals surface area contributed by atoms with Gasteiger partial charge >= 0.3 is 0 Å². The zero-order chi connectivity index (χ0) is 15.0. The zero-order valence-corrected chi connectivity index (χ0v) is 13.5. The van der Waals surface area contributed by atoms with Crippen LogP contribution in [0, 0.1) is 5.92 Å². The number of aromatic nitrogens is 1. The van der Waals surface area contributed by atoms with Crippen LogP contribution in [0.2, 0.25) is 0 Å². The molecule has 1 aliphatic heterocycles. The molecule has 0 bridgehead atoms. The third-order valence-electron chi connectivity index (χ3n) is 4.37. The number of hydrogen-bond donors (Lipinski definition) is 1. The van der Waals surface area contributed by atoms with Gasteiger partial charge in [-0.25, -0.2) is 4.98 Å². The summed E-state index contributed by atoms with van der Waals surface area (Å²) >= 11 is 1.56. The first-order valence-corrected chi connectivity index (χ1v) is 8.57. The normalized spacial score (nSPS) is 24.2. The maximum atomic E-state index is 11.8. The lowest BCUT2D eigenvalue weighted by atomic mass is 10.0. The number of thiazole rings is 1. The molecule has 2 aliphatic rings. The number of aliphatic hydroxyl groups excluding tert-OH is 1. The lowest BCUT2D eigenvalue weighted by Crippen LogP contribution is -2.30. The summed E-state index contributed by atoms with van der Waals surface area (Å²) in [7, 11) is 0. The molecule has 2 unspecified atom stereocenters. The first-order valence-electron chi connectivity index (χ1n) is 7.69. The fourth-order valence-corrected chi connectivity index (χ4v) is 3.92. The molecule has 116 valence electrons. The smallest absolute Gasteiger partial charge is 0.225 e. The van der Waals surface area contributed by atoms with Crippen LogP contribution in [0.4, 0.5) is 5.13 Å². The second-order valence-corrected chi connectivity index (χ2v) is 7.10. The van der Waals surface area contributed by atoms with Gasteiger partial charge in [-0.3, -0.25) is 14.6 Å². The molecule has 1 saturated heterocycles. The van der Waals surface area contributed by atoms with Gasteiger partial charge in [0.25, 0.3) is 0 Å². The van der Waals surface area contributed by atoms with Crippen molar-refractivity contribution in [3.63, 3.8) is 0 Å². The highest BCUT2D eigenvalue weighted by Crippen LogP contribution is 2.34. The Balaban J connectivity index is 1.61. The van der Waals surface area contributed by atoms with Gasteiger partial charge < -0.3 is 5.11 Å². The van der Waals surface area contributed by atoms with Crippen LogP contribution < -0.4 is 4.90 Å². The average molecular weight is 309 g/mol. The number of carbonyl (C=O) groups is 1. The van der Waals surface area contributed by atoms with Crippen LogP contribution in [0.1, 0.15) is 38.8 Å². The van der Waals surface area contributed by atoms with Gasteiger partial charge in [-0.05, 0) is 38.6 Å². The van der Waals surface area contributed by atoms with Crippen molar-refractivity contribution in [3.05, 3.63) is 11.1 Å². The fourth-order valence-electron chi connectivity index (χ4n) is 2.99. The number of aliphatic hydroxyl groups is 1. The molecule has 0 spiro atoms. The second kappa shape index (κ2) is 6.02. The SMILES string of the molecule is CC(=O)N(c1nc(CN2CCC(C(C)O)C2)cs1)C1CC1. The van der Waals surface area contributed by atoms with Crippen LogP contribution in [-0.2, 0) is 11.3 Å². The maximum Gasteiger partial charge on any atom is 0.225 e. The van der Waals surface area contributed by atoms with Crippen molar-refractivity contribution in [2.24, 2.45) is 5.92 Å². The fraction of sp³-hybridized carbons (Fsp3) is 0.733. The summed E-state index contributed by atoms with van der Waals surface area (Å²) in [5.41, 5.74) is 1.04. The van der Waals surface area contributed by atoms with E-state index < -0.39 is 0 Å². The largest absolute Gasteiger partial charge is 0.393 e. The van der Waals surface area contributed by atoms with Gasteiger partial charge in [-0.2, -0.15) is 0 Å². The topological polar surface area (TPSA) is 56.7 Å². The summed E-state index contributed by atoms with van der Waals surface area (Å²) in [5.74, 6) is 0.469. The molecule has 0 radical (unpaired) electrons. The molecule has 1 amide bonds. The monoisotopic (exact) mass is 309 g/mol. The van der Waals surface area contributed by atoms with E-state index in [9.17, 15) is 9.90 Å². The van der Waals surface area contributed by atoms with Gasteiger partial charge in [0.15, 0.2) is 5.13 Å². The summed E-state index contributed by atoms with van der Waals surface area (Å²) < 4.78 is 0. The van der Waals surface area contributed by atoms with Gasteiger partial charge in [0.2, 0.25) is 5.91 Å². The molecule has 3 rings (SSSR count). The van der Waals surface area contributed by atoms with E-state index in [1.165, 1.54) is 0 Å². The highest BCUT2D eigenvalue weighted by Gasteiger charge is 2.34. The van der Waals surface area contributed by atoms with Gasteiger partial charge in [-0.1, -0.05) is 0 Å². The molecule has 21 heavy (non-hydrogen) atoms. The van der Waals surface area contributed by atoms with Crippen molar-refractivity contribution in [3.8, 4) is 0 Å². The average Bonchev–Trinajstić information content (AvgIpc) is 2.95. The lowest BCUT2D eigenvalue weighted by Gasteiger charge is -2.17. The predicted octanol–water partition coefficient (Wildman–Crippen LogP) is 1.86. The molecule has 1 aliphatic carbocycles. The molecule has 1 aromatic heterocycles. The molecule has 2 fully saturated rings. The summed E-state index contributed by atoms with van der Waals surface area (Å²) in [6, 6.07) is 0.368. The highest BCUT2D eigenvalue weighted by molar-refractivity contribution is 7.14. The van der Waals surface area contributed by atoms with E-state index in [1.54, 1.807) is 18.3 Å². The molecular formula is C15H23N3O2S. The Kier molecular flexibility index (Phi) is 4.28. The van der Waals surface area contributed by atoms with Crippen molar-refractivity contribution < 1.29 is 9.90 Å². The minimum Gasteiger partial charge on any atom is -0.393 e. The van der Waals surface area contributed by atoms with E-state index in [1.807, 2.05) is 11.8 Å². The van der Waals surface area contributed by atoms with Crippen LogP contribution in [0.5, 0.6) is 0 Å². The molecule has 1 aromatic rings. The first kappa shape index (κ1) is 14.9. The van der Waals surface area contributed by atoms with Gasteiger partial charge in [0.1, 0.15) is 0 Å². The molecular weight excluding hydrogens is 286 g/mol. The zero-order valence-electron chi connectivity index (χ0n) is 12.7. The minimum absolute atomic E-state index is 0.0914. The molecule has 0 aromatic carbocycles. The Morgan fingerprint density at radius 1 is 1.57 bits per heavy atom. The van der Waals surface area contributed by atoms with Gasteiger partial charge in [0.05, 0.1) is 11.8 Å². The molecule has 5 nitrogen and oxygen atoms in total. The van der Waals surface area contributed by atoms with Gasteiger partial charge in [0, 0.05) is 31.4 Å². The summed E-state index contributed by atoms with van der Waals surface area (Å²) in [6.07, 6.45) is 3.01. The summed E-state index contributed by atoms with van der Waals surface area (Å²) in [6.45, 7) is 6.25. The maximum absolute atomic E-state index is 11.8. The Hall–Kier alpha value is -0.980. The number of anilines is 1. The Bertz CT molecular complexity index is 513. The van der Waals surface area contributed by atoms with E-state index in [0.29, 0.717) is 12.0 Å². The van der Waals surface area contributed by atoms with Crippen LogP contribution in [0.25, 0.3) is 0 Å².